The molecular weight excluding hydrogens is 345 g/mol. The Balaban J connectivity index is 2.83. The first-order valence-corrected chi connectivity index (χ1v) is 6.00. The van der Waals surface area contributed by atoms with Crippen LogP contribution in [-0.2, 0) is 13.2 Å². The molecule has 0 fully saturated rings. The summed E-state index contributed by atoms with van der Waals surface area (Å²) in [6, 6.07) is 1.06. The van der Waals surface area contributed by atoms with Crippen molar-refractivity contribution in [3.05, 3.63) is 66.5 Å². The van der Waals surface area contributed by atoms with Gasteiger partial charge in [0, 0.05) is 19.2 Å². The zero-order valence-electron chi connectivity index (χ0n) is 11.6. The molecule has 24 heavy (non-hydrogen) atoms. The van der Waals surface area contributed by atoms with E-state index in [9.17, 15) is 41.7 Å². The quantitative estimate of drug-likeness (QED) is 0.468. The van der Waals surface area contributed by atoms with Gasteiger partial charge in [-0.3, -0.25) is 19.5 Å². The first kappa shape index (κ1) is 17.3. The van der Waals surface area contributed by atoms with Gasteiger partial charge in [0.15, 0.2) is 5.82 Å². The highest BCUT2D eigenvalue weighted by Crippen LogP contribution is 2.27. The van der Waals surface area contributed by atoms with Crippen LogP contribution < -0.4 is 11.2 Å². The predicted octanol–water partition coefficient (Wildman–Crippen LogP) is 1.74. The molecule has 0 unspecified atom stereocenters. The average molecular weight is 351 g/mol. The maximum Gasteiger partial charge on any atom is 0.431 e. The van der Waals surface area contributed by atoms with Crippen LogP contribution in [0.5, 0.6) is 0 Å². The van der Waals surface area contributed by atoms with Crippen molar-refractivity contribution in [3.63, 3.8) is 0 Å². The van der Waals surface area contributed by atoms with Crippen LogP contribution in [0.4, 0.5) is 27.6 Å². The number of hydrogen-bond acceptors (Lipinski definition) is 4. The van der Waals surface area contributed by atoms with Crippen LogP contribution in [0.2, 0.25) is 0 Å². The molecule has 1 heterocycles. The summed E-state index contributed by atoms with van der Waals surface area (Å²) in [6.07, 6.45) is -5.02. The average Bonchev–Trinajstić information content (AvgIpc) is 2.45. The van der Waals surface area contributed by atoms with E-state index >= 15 is 0 Å². The van der Waals surface area contributed by atoms with Gasteiger partial charge in [0.2, 0.25) is 5.82 Å². The lowest BCUT2D eigenvalue weighted by Gasteiger charge is -2.14. The second-order valence-corrected chi connectivity index (χ2v) is 4.53. The van der Waals surface area contributed by atoms with Crippen molar-refractivity contribution in [3.8, 4) is 5.69 Å². The Bertz CT molecular complexity index is 961. The number of nitrogens with zero attached hydrogens (tertiary/aromatic N) is 3. The van der Waals surface area contributed by atoms with E-state index in [4.69, 9.17) is 0 Å². The number of alkyl halides is 3. The molecule has 0 radical (unpaired) electrons. The van der Waals surface area contributed by atoms with Crippen LogP contribution in [0.1, 0.15) is 5.69 Å². The summed E-state index contributed by atoms with van der Waals surface area (Å²) in [6.45, 7) is 0. The van der Waals surface area contributed by atoms with Gasteiger partial charge in [-0.2, -0.15) is 17.6 Å². The fourth-order valence-electron chi connectivity index (χ4n) is 1.96. The molecule has 0 atom stereocenters. The summed E-state index contributed by atoms with van der Waals surface area (Å²) in [5.74, 6) is -3.87. The van der Waals surface area contributed by atoms with Gasteiger partial charge >= 0.3 is 17.6 Å². The van der Waals surface area contributed by atoms with Crippen LogP contribution in [0.25, 0.3) is 5.69 Å². The maximum atomic E-state index is 13.9. The largest absolute Gasteiger partial charge is 0.431 e. The van der Waals surface area contributed by atoms with Gasteiger partial charge in [-0.15, -0.1) is 0 Å². The first-order valence-electron chi connectivity index (χ1n) is 6.00. The molecule has 0 spiro atoms. The number of hydrogen-bond donors (Lipinski definition) is 0. The number of nitro groups is 1. The number of aromatic nitrogens is 2. The smallest absolute Gasteiger partial charge is 0.292 e. The van der Waals surface area contributed by atoms with E-state index in [-0.39, 0.29) is 15.2 Å². The molecule has 0 N–H and O–H groups in total. The SMILES string of the molecule is Cn1c(C(F)(F)F)cc(=O)n(-c2ccc([N+](=O)[O-])c(F)c2F)c1=O. The van der Waals surface area contributed by atoms with E-state index in [1.54, 1.807) is 0 Å². The minimum Gasteiger partial charge on any atom is -0.292 e. The molecule has 0 amide bonds. The Hall–Kier alpha value is -3.05. The van der Waals surface area contributed by atoms with Crippen LogP contribution in [0, 0.1) is 21.7 Å². The highest BCUT2D eigenvalue weighted by atomic mass is 19.4. The molecule has 1 aromatic heterocycles. The van der Waals surface area contributed by atoms with E-state index in [1.807, 2.05) is 0 Å². The lowest BCUT2D eigenvalue weighted by Crippen LogP contribution is -2.41. The van der Waals surface area contributed by atoms with Crippen LogP contribution in [0.3, 0.4) is 0 Å². The van der Waals surface area contributed by atoms with Crippen molar-refractivity contribution in [1.29, 1.82) is 0 Å². The Morgan fingerprint density at radius 3 is 2.21 bits per heavy atom. The number of halogens is 5. The van der Waals surface area contributed by atoms with Gasteiger partial charge in [-0.25, -0.2) is 13.8 Å². The van der Waals surface area contributed by atoms with Crippen molar-refractivity contribution < 1.29 is 26.9 Å². The zero-order chi connectivity index (χ0) is 18.4. The summed E-state index contributed by atoms with van der Waals surface area (Å²) in [5, 5.41) is 10.5. The van der Waals surface area contributed by atoms with E-state index in [0.29, 0.717) is 19.2 Å². The molecule has 7 nitrogen and oxygen atoms in total. The standard InChI is InChI=1S/C12H6F5N3O4/c1-18-7(12(15,16)17)4-8(21)19(11(18)22)5-2-3-6(20(23)24)10(14)9(5)13/h2-4H,1H3. The van der Waals surface area contributed by atoms with Crippen molar-refractivity contribution in [1.82, 2.24) is 9.13 Å². The van der Waals surface area contributed by atoms with Crippen molar-refractivity contribution >= 4 is 5.69 Å². The number of benzene rings is 1. The van der Waals surface area contributed by atoms with Crippen molar-refractivity contribution in [2.75, 3.05) is 0 Å². The van der Waals surface area contributed by atoms with E-state index < -0.39 is 51.1 Å². The zero-order valence-corrected chi connectivity index (χ0v) is 11.6. The first-order chi connectivity index (χ1) is 11.0. The van der Waals surface area contributed by atoms with Crippen molar-refractivity contribution in [2.45, 2.75) is 6.18 Å². The summed E-state index contributed by atoms with van der Waals surface area (Å²) in [5.41, 5.74) is -7.05. The molecule has 0 saturated heterocycles. The molecule has 12 heteroatoms. The highest BCUT2D eigenvalue weighted by Gasteiger charge is 2.35. The summed E-state index contributed by atoms with van der Waals surface area (Å²) in [7, 11) is 0.681. The Labute approximate surface area is 128 Å². The molecule has 0 aliphatic carbocycles. The topological polar surface area (TPSA) is 87.1 Å². The molecule has 0 bridgehead atoms. The summed E-state index contributed by atoms with van der Waals surface area (Å²) in [4.78, 5) is 33.0. The minimum absolute atomic E-state index is 0.0279. The Morgan fingerprint density at radius 2 is 1.71 bits per heavy atom. The second kappa shape index (κ2) is 5.54. The van der Waals surface area contributed by atoms with Gasteiger partial charge < -0.3 is 0 Å². The fourth-order valence-corrected chi connectivity index (χ4v) is 1.96. The van der Waals surface area contributed by atoms with E-state index in [2.05, 4.69) is 0 Å². The third kappa shape index (κ3) is 2.66. The summed E-state index contributed by atoms with van der Waals surface area (Å²) >= 11 is 0. The van der Waals surface area contributed by atoms with Crippen LogP contribution in [0.15, 0.2) is 27.8 Å². The van der Waals surface area contributed by atoms with Crippen molar-refractivity contribution in [2.24, 2.45) is 7.05 Å². The number of nitro benzene ring substituents is 1. The Morgan fingerprint density at radius 1 is 1.12 bits per heavy atom. The molecule has 128 valence electrons. The molecule has 0 saturated carbocycles. The lowest BCUT2D eigenvalue weighted by molar-refractivity contribution is -0.387. The minimum atomic E-state index is -5.02. The molecule has 1 aromatic carbocycles. The van der Waals surface area contributed by atoms with Gasteiger partial charge in [0.1, 0.15) is 5.69 Å². The van der Waals surface area contributed by atoms with E-state index in [1.165, 1.54) is 0 Å². The number of rotatable bonds is 2. The Kier molecular flexibility index (Phi) is 4.00. The maximum absolute atomic E-state index is 13.9. The van der Waals surface area contributed by atoms with Gasteiger partial charge in [0.05, 0.1) is 10.6 Å². The lowest BCUT2D eigenvalue weighted by atomic mass is 10.2. The third-order valence-electron chi connectivity index (χ3n) is 3.09. The van der Waals surface area contributed by atoms with Gasteiger partial charge in [-0.1, -0.05) is 0 Å². The van der Waals surface area contributed by atoms with Gasteiger partial charge in [0.25, 0.3) is 5.56 Å². The second-order valence-electron chi connectivity index (χ2n) is 4.53. The summed E-state index contributed by atoms with van der Waals surface area (Å²) < 4.78 is 65.6. The van der Waals surface area contributed by atoms with Gasteiger partial charge in [-0.05, 0) is 6.07 Å². The third-order valence-corrected chi connectivity index (χ3v) is 3.09. The molecule has 0 aliphatic heterocycles. The highest BCUT2D eigenvalue weighted by molar-refractivity contribution is 5.44. The van der Waals surface area contributed by atoms with Crippen LogP contribution in [-0.4, -0.2) is 14.1 Å². The predicted molar refractivity (Wildman–Crippen MR) is 68.9 cm³/mol. The molecule has 0 aliphatic rings. The monoisotopic (exact) mass is 351 g/mol. The normalized spacial score (nSPS) is 11.6. The molecular formula is C12H6F5N3O4. The molecule has 2 rings (SSSR count). The molecule has 2 aromatic rings. The van der Waals surface area contributed by atoms with Crippen LogP contribution >= 0.6 is 0 Å². The fraction of sp³-hybridized carbons (Fsp3) is 0.167. The van der Waals surface area contributed by atoms with E-state index in [0.717, 1.165) is 0 Å².